The molecule has 1 fully saturated rings. The molecule has 0 amide bonds. The van der Waals surface area contributed by atoms with Crippen LogP contribution in [0.1, 0.15) is 12.8 Å². The van der Waals surface area contributed by atoms with E-state index in [0.29, 0.717) is 41.4 Å². The minimum atomic E-state index is -2.99. The van der Waals surface area contributed by atoms with Gasteiger partial charge in [0.1, 0.15) is 18.1 Å². The van der Waals surface area contributed by atoms with Gasteiger partial charge in [-0.3, -0.25) is 9.97 Å². The van der Waals surface area contributed by atoms with Gasteiger partial charge in [0.15, 0.2) is 17.2 Å². The fraction of sp³-hybridized carbons (Fsp3) is 0.348. The Morgan fingerprint density at radius 2 is 1.87 bits per heavy atom. The summed E-state index contributed by atoms with van der Waals surface area (Å²) in [6, 6.07) is 2.83. The number of hydrogen-bond acceptors (Lipinski definition) is 11. The smallest absolute Gasteiger partial charge is 0.265 e. The first-order chi connectivity index (χ1) is 18.2. The van der Waals surface area contributed by atoms with E-state index < -0.39 is 23.9 Å². The van der Waals surface area contributed by atoms with Crippen molar-refractivity contribution in [2.24, 2.45) is 5.73 Å². The molecule has 4 aromatic heterocycles. The Kier molecular flexibility index (Phi) is 6.62. The van der Waals surface area contributed by atoms with E-state index in [0.717, 1.165) is 0 Å². The predicted octanol–water partition coefficient (Wildman–Crippen LogP) is 1.98. The Hall–Kier alpha value is -4.24. The number of aliphatic hydroxyl groups excluding tert-OH is 1. The van der Waals surface area contributed by atoms with Crippen LogP contribution in [0, 0.1) is 5.82 Å². The van der Waals surface area contributed by atoms with Gasteiger partial charge in [-0.1, -0.05) is 0 Å². The summed E-state index contributed by atoms with van der Waals surface area (Å²) >= 11 is 0. The number of hydrogen-bond donors (Lipinski definition) is 4. The molecule has 12 nitrogen and oxygen atoms in total. The third kappa shape index (κ3) is 4.61. The summed E-state index contributed by atoms with van der Waals surface area (Å²) in [6.07, 6.45) is 1.25. The monoisotopic (exact) mass is 530 g/mol. The van der Waals surface area contributed by atoms with Crippen LogP contribution in [0.15, 0.2) is 37.1 Å². The van der Waals surface area contributed by atoms with Crippen LogP contribution in [0.4, 0.5) is 36.2 Å². The van der Waals surface area contributed by atoms with Crippen LogP contribution in [-0.4, -0.2) is 72.9 Å². The highest BCUT2D eigenvalue weighted by Crippen LogP contribution is 2.37. The van der Waals surface area contributed by atoms with Gasteiger partial charge >= 0.3 is 0 Å². The van der Waals surface area contributed by atoms with Crippen LogP contribution in [0.2, 0.25) is 0 Å². The lowest BCUT2D eigenvalue weighted by Gasteiger charge is -2.44. The highest BCUT2D eigenvalue weighted by atomic mass is 19.3. The number of aliphatic hydroxyl groups is 1. The molecular weight excluding hydrogens is 505 g/mol. The topological polar surface area (TPSA) is 166 Å². The summed E-state index contributed by atoms with van der Waals surface area (Å²) in [5.41, 5.74) is 13.0. The normalized spacial score (nSPS) is 18.7. The standard InChI is InChI=1S/C23H25F3N10O2/c1-38-18-9-30-13(5-12(18)24)14-6-15(34-16-7-33-36-21(16)31-11-32-22(36)27)17(8-29-14)35-4-2-3-23(28,10-35)19(37)20(25)26/h5-9,11,19-20,37H,2-4,10,28H2,1H3,(H,29,34)(H2,27,31,32)/t19-,23-/m1/s1. The molecular formula is C23H25F3N10O2. The van der Waals surface area contributed by atoms with Crippen LogP contribution in [-0.2, 0) is 0 Å². The fourth-order valence-corrected chi connectivity index (χ4v) is 4.52. The summed E-state index contributed by atoms with van der Waals surface area (Å²) in [4.78, 5) is 18.6. The third-order valence-corrected chi connectivity index (χ3v) is 6.51. The Labute approximate surface area is 214 Å². The first kappa shape index (κ1) is 25.4. The number of aromatic nitrogens is 6. The number of nitrogens with zero attached hydrogens (tertiary/aromatic N) is 7. The number of methoxy groups -OCH3 is 1. The van der Waals surface area contributed by atoms with Gasteiger partial charge in [-0.05, 0) is 18.9 Å². The largest absolute Gasteiger partial charge is 0.492 e. The number of rotatable bonds is 7. The predicted molar refractivity (Wildman–Crippen MR) is 133 cm³/mol. The number of nitrogen functional groups attached to an aromatic ring is 1. The quantitative estimate of drug-likeness (QED) is 0.276. The van der Waals surface area contributed by atoms with Crippen molar-refractivity contribution >= 4 is 28.7 Å². The van der Waals surface area contributed by atoms with E-state index in [9.17, 15) is 18.3 Å². The third-order valence-electron chi connectivity index (χ3n) is 6.51. The SMILES string of the molecule is COc1cnc(-c2cc(Nc3cnn4c(N)ncnc34)c(N3CCC[C@](N)([C@H](O)C(F)F)C3)cn2)cc1F. The van der Waals surface area contributed by atoms with Crippen molar-refractivity contribution < 1.29 is 23.0 Å². The number of nitrogens with one attached hydrogen (secondary N) is 1. The van der Waals surface area contributed by atoms with Crippen molar-refractivity contribution in [3.63, 3.8) is 0 Å². The van der Waals surface area contributed by atoms with Crippen molar-refractivity contribution in [3.8, 4) is 17.1 Å². The van der Waals surface area contributed by atoms with Crippen molar-refractivity contribution in [2.45, 2.75) is 30.9 Å². The van der Waals surface area contributed by atoms with Gasteiger partial charge in [-0.25, -0.2) is 23.1 Å². The zero-order chi connectivity index (χ0) is 27.0. The molecule has 4 aromatic rings. The van der Waals surface area contributed by atoms with Gasteiger partial charge < -0.3 is 31.5 Å². The number of pyridine rings is 2. The Balaban J connectivity index is 1.57. The molecule has 1 saturated heterocycles. The first-order valence-corrected chi connectivity index (χ1v) is 11.6. The summed E-state index contributed by atoms with van der Waals surface area (Å²) in [5.74, 6) is -0.503. The van der Waals surface area contributed by atoms with Crippen LogP contribution < -0.4 is 26.4 Å². The maximum absolute atomic E-state index is 14.4. The van der Waals surface area contributed by atoms with E-state index in [1.165, 1.54) is 42.6 Å². The molecule has 15 heteroatoms. The minimum Gasteiger partial charge on any atom is -0.492 e. The summed E-state index contributed by atoms with van der Waals surface area (Å²) in [6.45, 7) is 0.428. The van der Waals surface area contributed by atoms with E-state index in [1.807, 2.05) is 0 Å². The second-order valence-corrected chi connectivity index (χ2v) is 8.98. The number of alkyl halides is 2. The molecule has 6 N–H and O–H groups in total. The molecule has 0 radical (unpaired) electrons. The van der Waals surface area contributed by atoms with Gasteiger partial charge in [0.05, 0.1) is 54.0 Å². The van der Waals surface area contributed by atoms with E-state index in [-0.39, 0.29) is 30.4 Å². The zero-order valence-corrected chi connectivity index (χ0v) is 20.2. The van der Waals surface area contributed by atoms with Gasteiger partial charge in [-0.15, -0.1) is 0 Å². The summed E-state index contributed by atoms with van der Waals surface area (Å²) < 4.78 is 47.4. The number of halogens is 3. The molecule has 38 heavy (non-hydrogen) atoms. The number of anilines is 4. The second-order valence-electron chi connectivity index (χ2n) is 8.98. The van der Waals surface area contributed by atoms with Crippen LogP contribution in [0.25, 0.3) is 17.0 Å². The average Bonchev–Trinajstić information content (AvgIpc) is 3.32. The molecule has 2 atom stereocenters. The maximum Gasteiger partial charge on any atom is 0.265 e. The van der Waals surface area contributed by atoms with E-state index in [2.05, 4.69) is 30.4 Å². The number of nitrogens with two attached hydrogens (primary N) is 2. The van der Waals surface area contributed by atoms with Crippen LogP contribution in [0.3, 0.4) is 0 Å². The number of ether oxygens (including phenoxy) is 1. The number of fused-ring (bicyclic) bond motifs is 1. The molecule has 0 aliphatic carbocycles. The summed E-state index contributed by atoms with van der Waals surface area (Å²) in [5, 5.41) is 17.6. The van der Waals surface area contributed by atoms with E-state index in [1.54, 1.807) is 11.0 Å². The first-order valence-electron chi connectivity index (χ1n) is 11.6. The van der Waals surface area contributed by atoms with Gasteiger partial charge in [0.2, 0.25) is 5.95 Å². The highest BCUT2D eigenvalue weighted by molar-refractivity contribution is 5.82. The van der Waals surface area contributed by atoms with Crippen LogP contribution in [0.5, 0.6) is 5.75 Å². The van der Waals surface area contributed by atoms with Gasteiger partial charge in [-0.2, -0.15) is 9.61 Å². The van der Waals surface area contributed by atoms with Gasteiger partial charge in [0, 0.05) is 19.2 Å². The lowest BCUT2D eigenvalue weighted by Crippen LogP contribution is -2.63. The fourth-order valence-electron chi connectivity index (χ4n) is 4.52. The Morgan fingerprint density at radius 3 is 2.61 bits per heavy atom. The van der Waals surface area contributed by atoms with E-state index in [4.69, 9.17) is 16.2 Å². The molecule has 0 aromatic carbocycles. The summed E-state index contributed by atoms with van der Waals surface area (Å²) in [7, 11) is 1.34. The molecule has 1 aliphatic heterocycles. The van der Waals surface area contributed by atoms with Crippen molar-refractivity contribution in [3.05, 3.63) is 42.9 Å². The molecule has 0 unspecified atom stereocenters. The lowest BCUT2D eigenvalue weighted by molar-refractivity contribution is -0.0529. The van der Waals surface area contributed by atoms with Gasteiger partial charge in [0.25, 0.3) is 6.43 Å². The molecule has 0 saturated carbocycles. The minimum absolute atomic E-state index is 0.0162. The Morgan fingerprint density at radius 1 is 1.11 bits per heavy atom. The Bertz CT molecular complexity index is 1470. The second kappa shape index (κ2) is 9.90. The lowest BCUT2D eigenvalue weighted by atomic mass is 9.84. The molecule has 200 valence electrons. The van der Waals surface area contributed by atoms with Crippen LogP contribution >= 0.6 is 0 Å². The van der Waals surface area contributed by atoms with Crippen molar-refractivity contribution in [1.82, 2.24) is 29.5 Å². The van der Waals surface area contributed by atoms with E-state index >= 15 is 0 Å². The highest BCUT2D eigenvalue weighted by Gasteiger charge is 2.43. The maximum atomic E-state index is 14.4. The van der Waals surface area contributed by atoms with Crippen molar-refractivity contribution in [1.29, 1.82) is 0 Å². The average molecular weight is 531 g/mol. The molecule has 5 heterocycles. The molecule has 0 spiro atoms. The molecule has 0 bridgehead atoms. The molecule has 1 aliphatic rings. The zero-order valence-electron chi connectivity index (χ0n) is 20.2. The molecule has 5 rings (SSSR count). The van der Waals surface area contributed by atoms with Crippen molar-refractivity contribution in [2.75, 3.05) is 36.1 Å². The number of piperidine rings is 1.